The molecule has 0 aromatic rings. The van der Waals surface area contributed by atoms with Gasteiger partial charge in [0.2, 0.25) is 11.9 Å². The van der Waals surface area contributed by atoms with Crippen LogP contribution in [0.25, 0.3) is 0 Å². The van der Waals surface area contributed by atoms with Crippen molar-refractivity contribution in [2.75, 3.05) is 26.8 Å². The highest BCUT2D eigenvalue weighted by Crippen LogP contribution is 1.91. The number of hydrogen-bond acceptors (Lipinski definition) is 4. The van der Waals surface area contributed by atoms with Crippen molar-refractivity contribution < 1.29 is 9.53 Å². The van der Waals surface area contributed by atoms with E-state index >= 15 is 0 Å². The Bertz CT molecular complexity index is 268. The van der Waals surface area contributed by atoms with Gasteiger partial charge in [-0.25, -0.2) is 5.84 Å². The van der Waals surface area contributed by atoms with Gasteiger partial charge in [0.05, 0.1) is 6.61 Å². The van der Waals surface area contributed by atoms with Gasteiger partial charge in [-0.3, -0.25) is 15.2 Å². The zero-order valence-electron chi connectivity index (χ0n) is 11.6. The van der Waals surface area contributed by atoms with Crippen LogP contribution >= 0.6 is 0 Å². The Morgan fingerprint density at radius 2 is 2.06 bits per heavy atom. The van der Waals surface area contributed by atoms with Gasteiger partial charge in [0.25, 0.3) is 0 Å². The van der Waals surface area contributed by atoms with Crippen molar-refractivity contribution in [2.45, 2.75) is 26.8 Å². The van der Waals surface area contributed by atoms with Crippen molar-refractivity contribution >= 4 is 11.9 Å². The number of hydrogen-bond donors (Lipinski definition) is 4. The van der Waals surface area contributed by atoms with Crippen LogP contribution in [-0.2, 0) is 9.53 Å². The molecule has 0 fully saturated rings. The molecule has 7 heteroatoms. The second-order valence-electron chi connectivity index (χ2n) is 4.38. The van der Waals surface area contributed by atoms with Crippen LogP contribution in [0.4, 0.5) is 0 Å². The summed E-state index contributed by atoms with van der Waals surface area (Å²) in [7, 11) is 1.59. The Morgan fingerprint density at radius 1 is 1.39 bits per heavy atom. The lowest BCUT2D eigenvalue weighted by atomic mass is 10.2. The van der Waals surface area contributed by atoms with Gasteiger partial charge >= 0.3 is 0 Å². The molecule has 0 aliphatic carbocycles. The third kappa shape index (κ3) is 7.86. The van der Waals surface area contributed by atoms with Crippen LogP contribution in [0.1, 0.15) is 20.8 Å². The zero-order valence-corrected chi connectivity index (χ0v) is 11.6. The second kappa shape index (κ2) is 9.67. The first-order valence-electron chi connectivity index (χ1n) is 6.05. The third-order valence-electron chi connectivity index (χ3n) is 2.10. The van der Waals surface area contributed by atoms with E-state index in [-0.39, 0.29) is 5.91 Å². The number of nitrogens with zero attached hydrogens (tertiary/aromatic N) is 1. The standard InChI is InChI=1S/C11H25N5O2/c1-8(2)7-14-11(16-12)15-9(3)10(17)13-5-6-18-4/h8-9H,5-7,12H2,1-4H3,(H,13,17)(H2,14,15,16). The number of ether oxygens (including phenoxy) is 1. The van der Waals surface area contributed by atoms with Crippen molar-refractivity contribution in [1.29, 1.82) is 0 Å². The summed E-state index contributed by atoms with van der Waals surface area (Å²) in [6, 6.07) is -0.413. The minimum atomic E-state index is -0.413. The maximum Gasteiger partial charge on any atom is 0.242 e. The predicted molar refractivity (Wildman–Crippen MR) is 71.9 cm³/mol. The predicted octanol–water partition coefficient (Wildman–Crippen LogP) is -0.798. The van der Waals surface area contributed by atoms with E-state index in [0.29, 0.717) is 31.6 Å². The molecule has 18 heavy (non-hydrogen) atoms. The van der Waals surface area contributed by atoms with E-state index in [4.69, 9.17) is 10.6 Å². The average Bonchev–Trinajstić information content (AvgIpc) is 2.34. The highest BCUT2D eigenvalue weighted by molar-refractivity contribution is 5.88. The fourth-order valence-corrected chi connectivity index (χ4v) is 1.11. The largest absolute Gasteiger partial charge is 0.383 e. The van der Waals surface area contributed by atoms with E-state index in [1.807, 2.05) is 0 Å². The van der Waals surface area contributed by atoms with Gasteiger partial charge < -0.3 is 15.4 Å². The number of amides is 1. The number of carbonyl (C=O) groups is 1. The fraction of sp³-hybridized carbons (Fsp3) is 0.818. The Hall–Kier alpha value is -1.34. The molecule has 0 aliphatic heterocycles. The van der Waals surface area contributed by atoms with Crippen molar-refractivity contribution in [1.82, 2.24) is 16.1 Å². The first-order valence-corrected chi connectivity index (χ1v) is 6.05. The number of aliphatic imine (C=N–C) groups is 1. The molecule has 0 saturated heterocycles. The summed E-state index contributed by atoms with van der Waals surface area (Å²) >= 11 is 0. The molecular formula is C11H25N5O2. The lowest BCUT2D eigenvalue weighted by Crippen LogP contribution is -2.51. The first kappa shape index (κ1) is 16.7. The van der Waals surface area contributed by atoms with Crippen LogP contribution in [0, 0.1) is 5.92 Å². The zero-order chi connectivity index (χ0) is 14.0. The topological polar surface area (TPSA) is 101 Å². The highest BCUT2D eigenvalue weighted by Gasteiger charge is 2.13. The van der Waals surface area contributed by atoms with Crippen LogP contribution < -0.4 is 21.9 Å². The van der Waals surface area contributed by atoms with E-state index in [9.17, 15) is 4.79 Å². The third-order valence-corrected chi connectivity index (χ3v) is 2.10. The molecule has 0 aromatic heterocycles. The lowest BCUT2D eigenvalue weighted by molar-refractivity contribution is -0.122. The minimum Gasteiger partial charge on any atom is -0.383 e. The molecule has 7 nitrogen and oxygen atoms in total. The Balaban J connectivity index is 4.12. The fourth-order valence-electron chi connectivity index (χ4n) is 1.11. The summed E-state index contributed by atoms with van der Waals surface area (Å²) < 4.78 is 4.85. The van der Waals surface area contributed by atoms with E-state index < -0.39 is 6.04 Å². The number of nitrogens with one attached hydrogen (secondary N) is 3. The molecule has 0 aliphatic rings. The molecule has 1 atom stereocenters. The van der Waals surface area contributed by atoms with Gasteiger partial charge in [-0.1, -0.05) is 13.8 Å². The Labute approximate surface area is 109 Å². The molecule has 1 amide bonds. The maximum atomic E-state index is 11.7. The summed E-state index contributed by atoms with van der Waals surface area (Å²) in [6.07, 6.45) is 0. The van der Waals surface area contributed by atoms with Gasteiger partial charge in [-0.05, 0) is 12.8 Å². The number of nitrogens with two attached hydrogens (primary N) is 1. The smallest absolute Gasteiger partial charge is 0.242 e. The van der Waals surface area contributed by atoms with Gasteiger partial charge in [0, 0.05) is 20.2 Å². The number of carbonyl (C=O) groups excluding carboxylic acids is 1. The molecule has 0 spiro atoms. The number of guanidine groups is 1. The van der Waals surface area contributed by atoms with Crippen LogP contribution in [0.3, 0.4) is 0 Å². The van der Waals surface area contributed by atoms with Gasteiger partial charge in [-0.2, -0.15) is 0 Å². The first-order chi connectivity index (χ1) is 8.51. The van der Waals surface area contributed by atoms with E-state index in [0.717, 1.165) is 0 Å². The molecular weight excluding hydrogens is 234 g/mol. The van der Waals surface area contributed by atoms with Gasteiger partial charge in [0.1, 0.15) is 6.04 Å². The van der Waals surface area contributed by atoms with Crippen molar-refractivity contribution in [3.05, 3.63) is 0 Å². The molecule has 5 N–H and O–H groups in total. The van der Waals surface area contributed by atoms with Crippen molar-refractivity contribution in [3.63, 3.8) is 0 Å². The minimum absolute atomic E-state index is 0.125. The van der Waals surface area contributed by atoms with Crippen LogP contribution in [0.15, 0.2) is 4.99 Å². The van der Waals surface area contributed by atoms with Crippen LogP contribution in [-0.4, -0.2) is 44.7 Å². The maximum absolute atomic E-state index is 11.7. The molecule has 0 saturated carbocycles. The summed E-state index contributed by atoms with van der Waals surface area (Å²) in [6.45, 7) is 7.46. The SMILES string of the molecule is COCCNC(=O)C(C)NC(=NCC(C)C)NN. The highest BCUT2D eigenvalue weighted by atomic mass is 16.5. The van der Waals surface area contributed by atoms with Crippen LogP contribution in [0.2, 0.25) is 0 Å². The molecule has 1 unspecified atom stereocenters. The van der Waals surface area contributed by atoms with Crippen molar-refractivity contribution in [3.8, 4) is 0 Å². The lowest BCUT2D eigenvalue weighted by Gasteiger charge is -2.16. The molecule has 0 heterocycles. The number of methoxy groups -OCH3 is 1. The summed E-state index contributed by atoms with van der Waals surface area (Å²) in [5.41, 5.74) is 2.44. The van der Waals surface area contributed by atoms with Crippen molar-refractivity contribution in [2.24, 2.45) is 16.8 Å². The van der Waals surface area contributed by atoms with Crippen LogP contribution in [0.5, 0.6) is 0 Å². The monoisotopic (exact) mass is 259 g/mol. The second-order valence-corrected chi connectivity index (χ2v) is 4.38. The van der Waals surface area contributed by atoms with Gasteiger partial charge in [-0.15, -0.1) is 0 Å². The molecule has 0 aromatic carbocycles. The Kier molecular flexibility index (Phi) is 8.95. The van der Waals surface area contributed by atoms with E-state index in [2.05, 4.69) is 34.9 Å². The molecule has 0 bridgehead atoms. The Morgan fingerprint density at radius 3 is 2.56 bits per heavy atom. The molecule has 106 valence electrons. The normalized spacial score (nSPS) is 13.3. The quantitative estimate of drug-likeness (QED) is 0.158. The van der Waals surface area contributed by atoms with Gasteiger partial charge in [0.15, 0.2) is 0 Å². The van der Waals surface area contributed by atoms with E-state index in [1.165, 1.54) is 0 Å². The summed E-state index contributed by atoms with van der Waals surface area (Å²) in [4.78, 5) is 15.9. The number of rotatable bonds is 7. The average molecular weight is 259 g/mol. The molecule has 0 radical (unpaired) electrons. The van der Waals surface area contributed by atoms with E-state index in [1.54, 1.807) is 14.0 Å². The summed E-state index contributed by atoms with van der Waals surface area (Å²) in [5, 5.41) is 5.64. The number of hydrazine groups is 1. The molecule has 0 rings (SSSR count). The summed E-state index contributed by atoms with van der Waals surface area (Å²) in [5.74, 6) is 6.06.